The third kappa shape index (κ3) is 3.89. The molecular formula is C24H22F3N3O3. The Hall–Kier alpha value is -3.59. The summed E-state index contributed by atoms with van der Waals surface area (Å²) in [6.07, 6.45) is 2.48. The van der Waals surface area contributed by atoms with E-state index in [0.29, 0.717) is 24.7 Å². The fraction of sp³-hybridized carbons (Fsp3) is 0.250. The van der Waals surface area contributed by atoms with E-state index in [0.717, 1.165) is 41.8 Å². The molecule has 172 valence electrons. The average molecular weight is 457 g/mol. The minimum absolute atomic E-state index is 0.0820. The van der Waals surface area contributed by atoms with Gasteiger partial charge >= 0.3 is 5.97 Å². The largest absolute Gasteiger partial charge is 0.477 e. The van der Waals surface area contributed by atoms with Gasteiger partial charge in [0.05, 0.1) is 22.3 Å². The van der Waals surface area contributed by atoms with Crippen molar-refractivity contribution in [3.05, 3.63) is 75.8 Å². The van der Waals surface area contributed by atoms with Crippen LogP contribution in [0.2, 0.25) is 0 Å². The zero-order chi connectivity index (χ0) is 24.0. The van der Waals surface area contributed by atoms with Crippen LogP contribution in [0.1, 0.15) is 35.7 Å². The molecule has 2 aromatic carbocycles. The van der Waals surface area contributed by atoms with Crippen molar-refractivity contribution in [3.8, 4) is 5.69 Å². The van der Waals surface area contributed by atoms with Crippen LogP contribution in [0.5, 0.6) is 0 Å². The Bertz CT molecular complexity index is 1370. The molecule has 1 aromatic heterocycles. The number of nitrogens with two attached hydrogens (primary N) is 1. The molecule has 33 heavy (non-hydrogen) atoms. The average Bonchev–Trinajstić information content (AvgIpc) is 2.73. The van der Waals surface area contributed by atoms with E-state index in [9.17, 15) is 23.5 Å². The molecule has 0 radical (unpaired) electrons. The minimum Gasteiger partial charge on any atom is -0.477 e. The van der Waals surface area contributed by atoms with E-state index in [1.807, 2.05) is 0 Å². The number of fused-ring (bicyclic) bond motifs is 1. The highest BCUT2D eigenvalue weighted by atomic mass is 19.1. The first kappa shape index (κ1) is 22.6. The Morgan fingerprint density at radius 1 is 1.21 bits per heavy atom. The molecule has 0 aliphatic carbocycles. The Labute approximate surface area is 187 Å². The van der Waals surface area contributed by atoms with E-state index < -0.39 is 34.4 Å². The van der Waals surface area contributed by atoms with Gasteiger partial charge in [0.25, 0.3) is 0 Å². The maximum atomic E-state index is 15.5. The molecule has 1 aliphatic rings. The number of carboxylic acid groups (broad SMARTS) is 1. The maximum absolute atomic E-state index is 15.5. The Morgan fingerprint density at radius 2 is 1.94 bits per heavy atom. The number of piperidine rings is 1. The van der Waals surface area contributed by atoms with Gasteiger partial charge in [-0.3, -0.25) is 4.79 Å². The predicted octanol–water partition coefficient (Wildman–Crippen LogP) is 4.07. The lowest BCUT2D eigenvalue weighted by Gasteiger charge is -2.35. The summed E-state index contributed by atoms with van der Waals surface area (Å²) in [4.78, 5) is 26.5. The van der Waals surface area contributed by atoms with Gasteiger partial charge < -0.3 is 20.3 Å². The number of aromatic carboxylic acids is 1. The topological polar surface area (TPSA) is 88.6 Å². The number of nitrogens with zero attached hydrogens (tertiary/aromatic N) is 2. The van der Waals surface area contributed by atoms with Gasteiger partial charge in [0, 0.05) is 37.0 Å². The monoisotopic (exact) mass is 457 g/mol. The first-order valence-corrected chi connectivity index (χ1v) is 10.4. The fourth-order valence-corrected chi connectivity index (χ4v) is 4.40. The molecule has 2 heterocycles. The van der Waals surface area contributed by atoms with Crippen molar-refractivity contribution < 1.29 is 23.1 Å². The van der Waals surface area contributed by atoms with Crippen molar-refractivity contribution in [1.82, 2.24) is 4.57 Å². The SMILES string of the molecule is C=C(C)c1c(N2CCCC(N)C2)c(F)cc2c(=O)c(C(=O)O)cn(-c3ccc(F)cc3F)c12. The number of hydrogen-bond donors (Lipinski definition) is 2. The van der Waals surface area contributed by atoms with Crippen molar-refractivity contribution >= 4 is 28.1 Å². The number of anilines is 1. The molecule has 0 spiro atoms. The molecule has 1 atom stereocenters. The number of aromatic nitrogens is 1. The van der Waals surface area contributed by atoms with Gasteiger partial charge in [-0.05, 0) is 43.5 Å². The van der Waals surface area contributed by atoms with E-state index in [1.165, 1.54) is 0 Å². The first-order valence-electron chi connectivity index (χ1n) is 10.4. The van der Waals surface area contributed by atoms with E-state index in [4.69, 9.17) is 5.73 Å². The van der Waals surface area contributed by atoms with Gasteiger partial charge in [-0.1, -0.05) is 6.58 Å². The summed E-state index contributed by atoms with van der Waals surface area (Å²) in [5.74, 6) is -4.09. The molecule has 3 N–H and O–H groups in total. The lowest BCUT2D eigenvalue weighted by Crippen LogP contribution is -2.43. The second-order valence-electron chi connectivity index (χ2n) is 8.25. The van der Waals surface area contributed by atoms with Crippen molar-refractivity contribution in [2.75, 3.05) is 18.0 Å². The summed E-state index contributed by atoms with van der Waals surface area (Å²) in [6, 6.07) is 3.57. The number of rotatable bonds is 4. The quantitative estimate of drug-likeness (QED) is 0.617. The summed E-state index contributed by atoms with van der Waals surface area (Å²) in [5, 5.41) is 9.29. The van der Waals surface area contributed by atoms with Gasteiger partial charge in [0.15, 0.2) is 0 Å². The van der Waals surface area contributed by atoms with Crippen molar-refractivity contribution in [3.63, 3.8) is 0 Å². The Morgan fingerprint density at radius 3 is 2.55 bits per heavy atom. The normalized spacial score (nSPS) is 16.3. The maximum Gasteiger partial charge on any atom is 0.341 e. The molecular weight excluding hydrogens is 435 g/mol. The van der Waals surface area contributed by atoms with Crippen LogP contribution in [0, 0.1) is 17.5 Å². The smallest absolute Gasteiger partial charge is 0.341 e. The number of halogens is 3. The second kappa shape index (κ2) is 8.40. The highest BCUT2D eigenvalue weighted by molar-refractivity contribution is 6.00. The van der Waals surface area contributed by atoms with Crippen LogP contribution in [-0.2, 0) is 0 Å². The number of pyridine rings is 1. The summed E-state index contributed by atoms with van der Waals surface area (Å²) in [7, 11) is 0. The zero-order valence-electron chi connectivity index (χ0n) is 17.9. The van der Waals surface area contributed by atoms with Gasteiger partial charge in [-0.25, -0.2) is 18.0 Å². The van der Waals surface area contributed by atoms with Crippen LogP contribution in [0.3, 0.4) is 0 Å². The number of carboxylic acids is 1. The summed E-state index contributed by atoms with van der Waals surface area (Å²) >= 11 is 0. The number of benzene rings is 2. The summed E-state index contributed by atoms with van der Waals surface area (Å²) in [6.45, 7) is 6.43. The Balaban J connectivity index is 2.19. The van der Waals surface area contributed by atoms with Gasteiger partial charge in [0.2, 0.25) is 5.43 Å². The van der Waals surface area contributed by atoms with Crippen LogP contribution in [0.25, 0.3) is 22.2 Å². The van der Waals surface area contributed by atoms with Crippen molar-refractivity contribution in [2.24, 2.45) is 5.73 Å². The van der Waals surface area contributed by atoms with E-state index in [-0.39, 0.29) is 33.9 Å². The molecule has 1 fully saturated rings. The zero-order valence-corrected chi connectivity index (χ0v) is 17.9. The highest BCUT2D eigenvalue weighted by Gasteiger charge is 2.28. The van der Waals surface area contributed by atoms with Crippen LogP contribution in [0.4, 0.5) is 18.9 Å². The van der Waals surface area contributed by atoms with Crippen LogP contribution < -0.4 is 16.1 Å². The third-order valence-corrected chi connectivity index (χ3v) is 5.81. The number of carbonyl (C=O) groups is 1. The van der Waals surface area contributed by atoms with Gasteiger partial charge in [-0.15, -0.1) is 0 Å². The molecule has 0 amide bonds. The summed E-state index contributed by atoms with van der Waals surface area (Å²) in [5.41, 5.74) is 5.16. The third-order valence-electron chi connectivity index (χ3n) is 5.81. The molecule has 1 aliphatic heterocycles. The lowest BCUT2D eigenvalue weighted by atomic mass is 9.96. The minimum atomic E-state index is -1.55. The predicted molar refractivity (Wildman–Crippen MR) is 121 cm³/mol. The molecule has 0 saturated carbocycles. The fourth-order valence-electron chi connectivity index (χ4n) is 4.40. The lowest BCUT2D eigenvalue weighted by molar-refractivity contribution is 0.0695. The van der Waals surface area contributed by atoms with E-state index in [1.54, 1.807) is 11.8 Å². The molecule has 9 heteroatoms. The standard InChI is InChI=1S/C24H22F3N3O3/c1-12(2)20-21-15(9-18(27)22(20)29-7-3-4-14(28)10-29)23(31)16(24(32)33)11-30(21)19-6-5-13(25)8-17(19)26/h5-6,8-9,11,14H,1,3-4,7,10,28H2,2H3,(H,32,33). The second-order valence-corrected chi connectivity index (χ2v) is 8.25. The number of hydrogen-bond acceptors (Lipinski definition) is 4. The number of allylic oxidation sites excluding steroid dienone is 1. The molecule has 4 rings (SSSR count). The van der Waals surface area contributed by atoms with Crippen molar-refractivity contribution in [1.29, 1.82) is 0 Å². The first-order chi connectivity index (χ1) is 15.6. The van der Waals surface area contributed by atoms with Gasteiger partial charge in [-0.2, -0.15) is 0 Å². The molecule has 3 aromatic rings. The Kier molecular flexibility index (Phi) is 5.75. The summed E-state index contributed by atoms with van der Waals surface area (Å²) < 4.78 is 45.0. The van der Waals surface area contributed by atoms with Gasteiger partial charge in [0.1, 0.15) is 23.0 Å². The van der Waals surface area contributed by atoms with Crippen LogP contribution >= 0.6 is 0 Å². The molecule has 0 bridgehead atoms. The van der Waals surface area contributed by atoms with Crippen LogP contribution in [-0.4, -0.2) is 34.8 Å². The van der Waals surface area contributed by atoms with Crippen LogP contribution in [0.15, 0.2) is 41.8 Å². The molecule has 1 saturated heterocycles. The molecule has 1 unspecified atom stereocenters. The van der Waals surface area contributed by atoms with Crippen molar-refractivity contribution in [2.45, 2.75) is 25.8 Å². The van der Waals surface area contributed by atoms with E-state index >= 15 is 4.39 Å². The highest BCUT2D eigenvalue weighted by Crippen LogP contribution is 2.38. The molecule has 6 nitrogen and oxygen atoms in total. The van der Waals surface area contributed by atoms with E-state index in [2.05, 4.69) is 6.58 Å².